The highest BCUT2D eigenvalue weighted by atomic mass is 16.5. The smallest absolute Gasteiger partial charge is 0.274 e. The molecule has 1 saturated heterocycles. The maximum Gasteiger partial charge on any atom is 0.274 e. The van der Waals surface area contributed by atoms with Gasteiger partial charge < -0.3 is 19.4 Å². The van der Waals surface area contributed by atoms with Crippen LogP contribution < -0.4 is 9.64 Å². The number of anilines is 1. The van der Waals surface area contributed by atoms with Gasteiger partial charge in [0.05, 0.1) is 0 Å². The second kappa shape index (κ2) is 9.33. The molecule has 2 aromatic carbocycles. The van der Waals surface area contributed by atoms with Gasteiger partial charge in [-0.15, -0.1) is 0 Å². The summed E-state index contributed by atoms with van der Waals surface area (Å²) in [4.78, 5) is 33.1. The molecule has 3 aromatic rings. The lowest BCUT2D eigenvalue weighted by Gasteiger charge is -2.36. The van der Waals surface area contributed by atoms with Crippen LogP contribution in [0.3, 0.4) is 0 Å². The van der Waals surface area contributed by atoms with Crippen molar-refractivity contribution in [2.75, 3.05) is 37.6 Å². The molecule has 1 atom stereocenters. The number of aryl methyl sites for hydroxylation is 1. The van der Waals surface area contributed by atoms with Gasteiger partial charge >= 0.3 is 0 Å². The van der Waals surface area contributed by atoms with Crippen molar-refractivity contribution in [2.24, 2.45) is 0 Å². The number of carbonyl (C=O) groups excluding carboxylic acids is 2. The number of amides is 2. The van der Waals surface area contributed by atoms with Crippen molar-refractivity contribution in [1.29, 1.82) is 0 Å². The van der Waals surface area contributed by atoms with Crippen LogP contribution in [0, 0.1) is 0 Å². The molecular weight excluding hydrogens is 454 g/mol. The Morgan fingerprint density at radius 1 is 0.944 bits per heavy atom. The summed E-state index contributed by atoms with van der Waals surface area (Å²) in [5.41, 5.74) is 4.71. The fraction of sp³-hybridized carbons (Fsp3) is 0.393. The molecule has 8 heteroatoms. The standard InChI is InChI=1S/C28H31N5O3/c1-2-33-23-12-13-32(27(34)25-18-20-8-6-7-11-24(20)36-25)19-22(23)26(29-33)28(35)31-16-14-30(15-17-31)21-9-4-3-5-10-21/h3-11,25H,2,12-19H2,1H3. The maximum atomic E-state index is 13.6. The number of hydrogen-bond acceptors (Lipinski definition) is 5. The summed E-state index contributed by atoms with van der Waals surface area (Å²) in [6.07, 6.45) is 0.774. The van der Waals surface area contributed by atoms with Crippen LogP contribution in [0.15, 0.2) is 54.6 Å². The SMILES string of the molecule is CCn1nc(C(=O)N2CCN(c3ccccc3)CC2)c2c1CCN(C(=O)C1Cc3ccccc3O1)C2. The first-order valence-corrected chi connectivity index (χ1v) is 12.8. The predicted molar refractivity (Wildman–Crippen MR) is 136 cm³/mol. The molecule has 36 heavy (non-hydrogen) atoms. The van der Waals surface area contributed by atoms with Gasteiger partial charge in [-0.3, -0.25) is 14.3 Å². The first-order chi connectivity index (χ1) is 17.6. The molecule has 1 fully saturated rings. The maximum absolute atomic E-state index is 13.6. The fourth-order valence-corrected chi connectivity index (χ4v) is 5.59. The minimum atomic E-state index is -0.504. The van der Waals surface area contributed by atoms with Crippen LogP contribution in [0.1, 0.15) is 34.2 Å². The van der Waals surface area contributed by atoms with E-state index in [-0.39, 0.29) is 11.8 Å². The van der Waals surface area contributed by atoms with Gasteiger partial charge in [-0.25, -0.2) is 0 Å². The van der Waals surface area contributed by atoms with Crippen LogP contribution in [0.25, 0.3) is 0 Å². The molecule has 0 saturated carbocycles. The fourth-order valence-electron chi connectivity index (χ4n) is 5.59. The molecule has 0 bridgehead atoms. The van der Waals surface area contributed by atoms with Crippen LogP contribution in [-0.4, -0.2) is 70.2 Å². The summed E-state index contributed by atoms with van der Waals surface area (Å²) < 4.78 is 7.90. The number of rotatable bonds is 4. The van der Waals surface area contributed by atoms with Crippen LogP contribution in [0.4, 0.5) is 5.69 Å². The quantitative estimate of drug-likeness (QED) is 0.568. The topological polar surface area (TPSA) is 70.9 Å². The van der Waals surface area contributed by atoms with E-state index in [1.807, 2.05) is 63.9 Å². The number of benzene rings is 2. The minimum absolute atomic E-state index is 0.0176. The van der Waals surface area contributed by atoms with Gasteiger partial charge in [0.15, 0.2) is 11.8 Å². The van der Waals surface area contributed by atoms with E-state index in [1.54, 1.807) is 0 Å². The van der Waals surface area contributed by atoms with E-state index < -0.39 is 6.10 Å². The molecule has 1 unspecified atom stereocenters. The van der Waals surface area contributed by atoms with Crippen molar-refractivity contribution >= 4 is 17.5 Å². The lowest BCUT2D eigenvalue weighted by Crippen LogP contribution is -2.49. The van der Waals surface area contributed by atoms with E-state index in [0.717, 1.165) is 35.7 Å². The molecule has 2 amide bonds. The van der Waals surface area contributed by atoms with Gasteiger partial charge in [0.1, 0.15) is 5.75 Å². The molecular formula is C28H31N5O3. The van der Waals surface area contributed by atoms with E-state index >= 15 is 0 Å². The minimum Gasteiger partial charge on any atom is -0.480 e. The number of ether oxygens (including phenoxy) is 1. The summed E-state index contributed by atoms with van der Waals surface area (Å²) >= 11 is 0. The third-order valence-corrected chi connectivity index (χ3v) is 7.56. The van der Waals surface area contributed by atoms with E-state index in [9.17, 15) is 9.59 Å². The number of hydrogen-bond donors (Lipinski definition) is 0. The third-order valence-electron chi connectivity index (χ3n) is 7.56. The van der Waals surface area contributed by atoms with E-state index in [0.29, 0.717) is 51.3 Å². The largest absolute Gasteiger partial charge is 0.480 e. The van der Waals surface area contributed by atoms with Crippen LogP contribution in [0.2, 0.25) is 0 Å². The second-order valence-electron chi connectivity index (χ2n) is 9.63. The highest BCUT2D eigenvalue weighted by Crippen LogP contribution is 2.31. The highest BCUT2D eigenvalue weighted by Gasteiger charge is 2.37. The lowest BCUT2D eigenvalue weighted by atomic mass is 10.0. The Bertz CT molecular complexity index is 1250. The molecule has 0 spiro atoms. The van der Waals surface area contributed by atoms with Gasteiger partial charge in [0, 0.05) is 75.6 Å². The molecule has 0 radical (unpaired) electrons. The number of piperazine rings is 1. The molecule has 1 aromatic heterocycles. The van der Waals surface area contributed by atoms with Gasteiger partial charge in [0.2, 0.25) is 0 Å². The second-order valence-corrected chi connectivity index (χ2v) is 9.63. The van der Waals surface area contributed by atoms with Crippen molar-refractivity contribution < 1.29 is 14.3 Å². The summed E-state index contributed by atoms with van der Waals surface area (Å²) in [6.45, 7) is 6.63. The first kappa shape index (κ1) is 22.6. The zero-order valence-corrected chi connectivity index (χ0v) is 20.6. The molecule has 0 N–H and O–H groups in total. The monoisotopic (exact) mass is 485 g/mol. The van der Waals surface area contributed by atoms with Crippen molar-refractivity contribution in [2.45, 2.75) is 39.0 Å². The zero-order chi connectivity index (χ0) is 24.6. The Labute approximate surface area is 211 Å². The zero-order valence-electron chi connectivity index (χ0n) is 20.6. The van der Waals surface area contributed by atoms with Gasteiger partial charge in [0.25, 0.3) is 11.8 Å². The molecule has 6 rings (SSSR count). The Morgan fingerprint density at radius 2 is 1.69 bits per heavy atom. The number of nitrogens with zero attached hydrogens (tertiary/aromatic N) is 5. The van der Waals surface area contributed by atoms with E-state index in [2.05, 4.69) is 17.0 Å². The Hall–Kier alpha value is -3.81. The number of para-hydroxylation sites is 2. The first-order valence-electron chi connectivity index (χ1n) is 12.8. The van der Waals surface area contributed by atoms with Gasteiger partial charge in [-0.05, 0) is 30.7 Å². The molecule has 3 aliphatic heterocycles. The molecule has 0 aliphatic carbocycles. The van der Waals surface area contributed by atoms with Crippen LogP contribution in [-0.2, 0) is 30.7 Å². The summed E-state index contributed by atoms with van der Waals surface area (Å²) in [5.74, 6) is 0.735. The van der Waals surface area contributed by atoms with Crippen LogP contribution >= 0.6 is 0 Å². The molecule has 8 nitrogen and oxygen atoms in total. The Kier molecular flexibility index (Phi) is 5.87. The summed E-state index contributed by atoms with van der Waals surface area (Å²) in [6, 6.07) is 18.1. The third kappa shape index (κ3) is 4.00. The van der Waals surface area contributed by atoms with Gasteiger partial charge in [-0.1, -0.05) is 36.4 Å². The average molecular weight is 486 g/mol. The van der Waals surface area contributed by atoms with Crippen molar-refractivity contribution in [3.05, 3.63) is 77.1 Å². The Balaban J connectivity index is 1.17. The van der Waals surface area contributed by atoms with Crippen molar-refractivity contribution in [1.82, 2.24) is 19.6 Å². The highest BCUT2D eigenvalue weighted by molar-refractivity contribution is 5.94. The Morgan fingerprint density at radius 3 is 2.44 bits per heavy atom. The average Bonchev–Trinajstić information content (AvgIpc) is 3.54. The summed E-state index contributed by atoms with van der Waals surface area (Å²) in [7, 11) is 0. The van der Waals surface area contributed by atoms with E-state index in [1.165, 1.54) is 5.69 Å². The number of carbonyl (C=O) groups is 2. The predicted octanol–water partition coefficient (Wildman–Crippen LogP) is 2.75. The number of fused-ring (bicyclic) bond motifs is 2. The molecule has 4 heterocycles. The molecule has 186 valence electrons. The van der Waals surface area contributed by atoms with E-state index in [4.69, 9.17) is 9.84 Å². The van der Waals surface area contributed by atoms with Crippen molar-refractivity contribution in [3.63, 3.8) is 0 Å². The lowest BCUT2D eigenvalue weighted by molar-refractivity contribution is -0.138. The molecule has 3 aliphatic rings. The number of aromatic nitrogens is 2. The summed E-state index contributed by atoms with van der Waals surface area (Å²) in [5, 5.41) is 4.73. The normalized spacial score (nSPS) is 19.0. The van der Waals surface area contributed by atoms with Crippen molar-refractivity contribution in [3.8, 4) is 5.75 Å². The van der Waals surface area contributed by atoms with Gasteiger partial charge in [-0.2, -0.15) is 5.10 Å². The van der Waals surface area contributed by atoms with Crippen LogP contribution in [0.5, 0.6) is 5.75 Å².